The molecule has 0 saturated carbocycles. The van der Waals surface area contributed by atoms with Crippen LogP contribution in [0.3, 0.4) is 0 Å². The van der Waals surface area contributed by atoms with Crippen LogP contribution in [-0.4, -0.2) is 24.6 Å². The van der Waals surface area contributed by atoms with Gasteiger partial charge in [0.25, 0.3) is 0 Å². The maximum atomic E-state index is 13.4. The first-order valence-electron chi connectivity index (χ1n) is 7.87. The number of carbonyl (C=O) groups is 3. The second kappa shape index (κ2) is 8.66. The number of halogens is 2. The topological polar surface area (TPSA) is 75.3 Å². The highest BCUT2D eigenvalue weighted by molar-refractivity contribution is 7.14. The van der Waals surface area contributed by atoms with Crippen molar-refractivity contribution >= 4 is 28.9 Å². The molecule has 8 heteroatoms. The van der Waals surface area contributed by atoms with E-state index in [2.05, 4.69) is 10.6 Å². The average Bonchev–Trinajstić information content (AvgIpc) is 3.06. The third-order valence-electron chi connectivity index (χ3n) is 3.69. The molecular weight excluding hydrogens is 362 g/mol. The molecular formula is C18H18F2N2O3S. The summed E-state index contributed by atoms with van der Waals surface area (Å²) in [7, 11) is 1.37. The molecule has 1 atom stereocenters. The molecule has 2 N–H and O–H groups in total. The zero-order valence-corrected chi connectivity index (χ0v) is 15.1. The van der Waals surface area contributed by atoms with Gasteiger partial charge in [0.2, 0.25) is 11.8 Å². The molecule has 2 amide bonds. The molecule has 1 unspecified atom stereocenters. The zero-order chi connectivity index (χ0) is 19.3. The minimum absolute atomic E-state index is 0.00989. The standard InChI is InChI=1S/C18H18F2N2O3S/c1-10-3-7-15(26-10)14(23)6-8-16(24)22-17(18(25)21-2)11-4-5-12(19)13(20)9-11/h3-5,7,9,17H,6,8H2,1-2H3,(H,21,25)(H,22,24). The second-order valence-electron chi connectivity index (χ2n) is 5.62. The zero-order valence-electron chi connectivity index (χ0n) is 14.3. The number of hydrogen-bond acceptors (Lipinski definition) is 4. The van der Waals surface area contributed by atoms with Crippen LogP contribution in [0.5, 0.6) is 0 Å². The van der Waals surface area contributed by atoms with E-state index in [1.807, 2.05) is 13.0 Å². The Bertz CT molecular complexity index is 836. The Labute approximate surface area is 153 Å². The Hall–Kier alpha value is -2.61. The van der Waals surface area contributed by atoms with Crippen LogP contribution in [0.1, 0.15) is 39.0 Å². The maximum absolute atomic E-state index is 13.4. The molecule has 0 aliphatic heterocycles. The van der Waals surface area contributed by atoms with Gasteiger partial charge in [0.05, 0.1) is 4.88 Å². The molecule has 0 radical (unpaired) electrons. The highest BCUT2D eigenvalue weighted by atomic mass is 32.1. The van der Waals surface area contributed by atoms with Gasteiger partial charge in [-0.25, -0.2) is 8.78 Å². The van der Waals surface area contributed by atoms with E-state index in [4.69, 9.17) is 0 Å². The van der Waals surface area contributed by atoms with Crippen molar-refractivity contribution in [1.82, 2.24) is 10.6 Å². The first-order chi connectivity index (χ1) is 12.3. The minimum Gasteiger partial charge on any atom is -0.357 e. The predicted octanol–water partition coefficient (Wildman–Crippen LogP) is 2.90. The van der Waals surface area contributed by atoms with Gasteiger partial charge >= 0.3 is 0 Å². The van der Waals surface area contributed by atoms with Crippen LogP contribution >= 0.6 is 11.3 Å². The van der Waals surface area contributed by atoms with Gasteiger partial charge in [-0.15, -0.1) is 11.3 Å². The molecule has 0 fully saturated rings. The van der Waals surface area contributed by atoms with Gasteiger partial charge in [-0.2, -0.15) is 0 Å². The number of hydrogen-bond donors (Lipinski definition) is 2. The van der Waals surface area contributed by atoms with Crippen LogP contribution in [-0.2, 0) is 9.59 Å². The summed E-state index contributed by atoms with van der Waals surface area (Å²) < 4.78 is 26.5. The molecule has 1 aromatic carbocycles. The van der Waals surface area contributed by atoms with E-state index in [1.54, 1.807) is 6.07 Å². The molecule has 1 heterocycles. The summed E-state index contributed by atoms with van der Waals surface area (Å²) in [4.78, 5) is 37.7. The number of ketones is 1. The Morgan fingerprint density at radius 1 is 1.08 bits per heavy atom. The number of thiophene rings is 1. The van der Waals surface area contributed by atoms with Gasteiger partial charge in [0, 0.05) is 24.8 Å². The molecule has 0 spiro atoms. The number of amides is 2. The Kier molecular flexibility index (Phi) is 6.57. The fraction of sp³-hybridized carbons (Fsp3) is 0.278. The van der Waals surface area contributed by atoms with E-state index in [1.165, 1.54) is 24.5 Å². The van der Waals surface area contributed by atoms with Crippen molar-refractivity contribution in [2.24, 2.45) is 0 Å². The number of Topliss-reactive ketones (excluding diaryl/α,β-unsaturated/α-hetero) is 1. The summed E-state index contributed by atoms with van der Waals surface area (Å²) >= 11 is 1.35. The lowest BCUT2D eigenvalue weighted by molar-refractivity contribution is -0.128. The summed E-state index contributed by atoms with van der Waals surface area (Å²) in [6, 6.07) is 5.31. The lowest BCUT2D eigenvalue weighted by Gasteiger charge is -2.18. The van der Waals surface area contributed by atoms with Crippen molar-refractivity contribution in [2.75, 3.05) is 7.05 Å². The quantitative estimate of drug-likeness (QED) is 0.726. The maximum Gasteiger partial charge on any atom is 0.246 e. The van der Waals surface area contributed by atoms with E-state index in [9.17, 15) is 23.2 Å². The molecule has 0 aliphatic rings. The van der Waals surface area contributed by atoms with Crippen LogP contribution in [0.2, 0.25) is 0 Å². The molecule has 0 bridgehead atoms. The monoisotopic (exact) mass is 380 g/mol. The summed E-state index contributed by atoms with van der Waals surface area (Å²) in [6.07, 6.45) is -0.128. The fourth-order valence-corrected chi connectivity index (χ4v) is 3.14. The SMILES string of the molecule is CNC(=O)C(NC(=O)CCC(=O)c1ccc(C)s1)c1ccc(F)c(F)c1. The number of benzene rings is 1. The molecule has 0 aliphatic carbocycles. The molecule has 138 valence electrons. The minimum atomic E-state index is -1.18. The number of rotatable bonds is 7. The van der Waals surface area contributed by atoms with Gasteiger partial charge in [-0.3, -0.25) is 14.4 Å². The third kappa shape index (κ3) is 4.95. The molecule has 1 aromatic heterocycles. The molecule has 0 saturated heterocycles. The van der Waals surface area contributed by atoms with Gasteiger partial charge in [-0.1, -0.05) is 6.07 Å². The van der Waals surface area contributed by atoms with Crippen molar-refractivity contribution in [3.8, 4) is 0 Å². The fourth-order valence-electron chi connectivity index (χ4n) is 2.30. The molecule has 26 heavy (non-hydrogen) atoms. The number of carbonyl (C=O) groups excluding carboxylic acids is 3. The van der Waals surface area contributed by atoms with Crippen molar-refractivity contribution < 1.29 is 23.2 Å². The Balaban J connectivity index is 2.03. The van der Waals surface area contributed by atoms with Gasteiger partial charge < -0.3 is 10.6 Å². The third-order valence-corrected chi connectivity index (χ3v) is 4.73. The van der Waals surface area contributed by atoms with E-state index in [0.29, 0.717) is 4.88 Å². The van der Waals surface area contributed by atoms with Gasteiger partial charge in [0.15, 0.2) is 17.4 Å². The lowest BCUT2D eigenvalue weighted by atomic mass is 10.0. The largest absolute Gasteiger partial charge is 0.357 e. The van der Waals surface area contributed by atoms with E-state index in [0.717, 1.165) is 17.0 Å². The Morgan fingerprint density at radius 3 is 2.38 bits per heavy atom. The number of aryl methyl sites for hydroxylation is 1. The van der Waals surface area contributed by atoms with Crippen LogP contribution in [0.15, 0.2) is 30.3 Å². The summed E-state index contributed by atoms with van der Waals surface area (Å²) in [6.45, 7) is 1.88. The van der Waals surface area contributed by atoms with Crippen LogP contribution in [0, 0.1) is 18.6 Å². The van der Waals surface area contributed by atoms with Gasteiger partial charge in [-0.05, 0) is 36.8 Å². The highest BCUT2D eigenvalue weighted by Gasteiger charge is 2.23. The first kappa shape index (κ1) is 19.7. The Morgan fingerprint density at radius 2 is 1.81 bits per heavy atom. The molecule has 2 rings (SSSR count). The van der Waals surface area contributed by atoms with Crippen LogP contribution in [0.4, 0.5) is 8.78 Å². The first-order valence-corrected chi connectivity index (χ1v) is 8.69. The van der Waals surface area contributed by atoms with Crippen molar-refractivity contribution in [3.63, 3.8) is 0 Å². The van der Waals surface area contributed by atoms with Crippen LogP contribution in [0.25, 0.3) is 0 Å². The van der Waals surface area contributed by atoms with Crippen LogP contribution < -0.4 is 10.6 Å². The van der Waals surface area contributed by atoms with Crippen molar-refractivity contribution in [2.45, 2.75) is 25.8 Å². The summed E-state index contributed by atoms with van der Waals surface area (Å²) in [5.74, 6) is -3.45. The average molecular weight is 380 g/mol. The van der Waals surface area contributed by atoms with E-state index in [-0.39, 0.29) is 24.2 Å². The summed E-state index contributed by atoms with van der Waals surface area (Å²) in [5, 5.41) is 4.82. The normalized spacial score (nSPS) is 11.7. The summed E-state index contributed by atoms with van der Waals surface area (Å²) in [5.41, 5.74) is 0.108. The van der Waals surface area contributed by atoms with Crippen molar-refractivity contribution in [3.05, 3.63) is 57.3 Å². The molecule has 5 nitrogen and oxygen atoms in total. The number of likely N-dealkylation sites (N-methyl/N-ethyl adjacent to an activating group) is 1. The van der Waals surface area contributed by atoms with Crippen molar-refractivity contribution in [1.29, 1.82) is 0 Å². The van der Waals surface area contributed by atoms with Gasteiger partial charge in [0.1, 0.15) is 6.04 Å². The number of nitrogens with one attached hydrogen (secondary N) is 2. The lowest BCUT2D eigenvalue weighted by Crippen LogP contribution is -2.39. The second-order valence-corrected chi connectivity index (χ2v) is 6.91. The highest BCUT2D eigenvalue weighted by Crippen LogP contribution is 2.19. The smallest absolute Gasteiger partial charge is 0.246 e. The van der Waals surface area contributed by atoms with E-state index >= 15 is 0 Å². The van der Waals surface area contributed by atoms with E-state index < -0.39 is 29.5 Å². The molecule has 2 aromatic rings. The predicted molar refractivity (Wildman–Crippen MR) is 93.9 cm³/mol.